The van der Waals surface area contributed by atoms with E-state index in [4.69, 9.17) is 10.5 Å². The lowest BCUT2D eigenvalue weighted by molar-refractivity contribution is -0.119. The van der Waals surface area contributed by atoms with Crippen LogP contribution in [-0.2, 0) is 9.53 Å². The van der Waals surface area contributed by atoms with E-state index in [0.29, 0.717) is 18.0 Å². The fraction of sp³-hybridized carbons (Fsp3) is 0.417. The van der Waals surface area contributed by atoms with Crippen LogP contribution in [0.5, 0.6) is 5.75 Å². The predicted molar refractivity (Wildman–Crippen MR) is 64.7 cm³/mol. The van der Waals surface area contributed by atoms with Crippen molar-refractivity contribution in [2.24, 2.45) is 5.92 Å². The number of nitrogens with two attached hydrogens (primary N) is 1. The molecule has 2 rings (SSSR count). The molecule has 0 bridgehead atoms. The average Bonchev–Trinajstić information content (AvgIpc) is 2.69. The zero-order chi connectivity index (χ0) is 12.4. The first-order valence-corrected chi connectivity index (χ1v) is 5.57. The zero-order valence-electron chi connectivity index (χ0n) is 9.64. The monoisotopic (exact) mass is 236 g/mol. The van der Waals surface area contributed by atoms with E-state index < -0.39 is 0 Å². The lowest BCUT2D eigenvalue weighted by Crippen LogP contribution is -2.23. The molecule has 1 aliphatic heterocycles. The van der Waals surface area contributed by atoms with Crippen molar-refractivity contribution in [3.8, 4) is 5.75 Å². The Morgan fingerprint density at radius 3 is 2.94 bits per heavy atom. The van der Waals surface area contributed by atoms with E-state index in [1.165, 1.54) is 12.1 Å². The van der Waals surface area contributed by atoms with Gasteiger partial charge in [0.25, 0.3) is 0 Å². The van der Waals surface area contributed by atoms with Crippen LogP contribution in [0, 0.1) is 5.92 Å². The largest absolute Gasteiger partial charge is 0.508 e. The summed E-state index contributed by atoms with van der Waals surface area (Å²) in [7, 11) is 0. The third-order valence-corrected chi connectivity index (χ3v) is 2.86. The van der Waals surface area contributed by atoms with Crippen molar-refractivity contribution in [1.29, 1.82) is 0 Å². The van der Waals surface area contributed by atoms with Crippen LogP contribution in [0.1, 0.15) is 13.3 Å². The molecule has 0 spiro atoms. The number of benzene rings is 1. The van der Waals surface area contributed by atoms with E-state index in [2.05, 4.69) is 5.32 Å². The molecule has 4 N–H and O–H groups in total. The van der Waals surface area contributed by atoms with Crippen molar-refractivity contribution in [3.63, 3.8) is 0 Å². The molecule has 0 saturated carbocycles. The van der Waals surface area contributed by atoms with Gasteiger partial charge in [-0.15, -0.1) is 0 Å². The second-order valence-corrected chi connectivity index (χ2v) is 4.34. The molecule has 1 heterocycles. The molecular weight excluding hydrogens is 220 g/mol. The molecule has 5 heteroatoms. The summed E-state index contributed by atoms with van der Waals surface area (Å²) in [5.41, 5.74) is 6.56. The van der Waals surface area contributed by atoms with Gasteiger partial charge in [-0.3, -0.25) is 4.79 Å². The van der Waals surface area contributed by atoms with E-state index in [-0.39, 0.29) is 23.7 Å². The van der Waals surface area contributed by atoms with Crippen LogP contribution in [-0.4, -0.2) is 23.7 Å². The van der Waals surface area contributed by atoms with Gasteiger partial charge in [-0.25, -0.2) is 0 Å². The quantitative estimate of drug-likeness (QED) is 0.534. The van der Waals surface area contributed by atoms with Crippen molar-refractivity contribution >= 4 is 17.3 Å². The molecule has 2 atom stereocenters. The molecule has 0 radical (unpaired) electrons. The van der Waals surface area contributed by atoms with Crippen LogP contribution in [0.25, 0.3) is 0 Å². The van der Waals surface area contributed by atoms with Gasteiger partial charge in [0.15, 0.2) is 0 Å². The Balaban J connectivity index is 2.03. The number of aromatic hydroxyl groups is 1. The van der Waals surface area contributed by atoms with Gasteiger partial charge in [0.05, 0.1) is 30.0 Å². The smallest absolute Gasteiger partial charge is 0.229 e. The Hall–Kier alpha value is -1.75. The number of carbonyl (C=O) groups is 1. The number of hydrogen-bond donors (Lipinski definition) is 3. The van der Waals surface area contributed by atoms with Gasteiger partial charge < -0.3 is 20.9 Å². The maximum atomic E-state index is 11.9. The Morgan fingerprint density at radius 2 is 2.35 bits per heavy atom. The molecule has 17 heavy (non-hydrogen) atoms. The fourth-order valence-corrected chi connectivity index (χ4v) is 1.90. The second-order valence-electron chi connectivity index (χ2n) is 4.34. The Morgan fingerprint density at radius 1 is 1.59 bits per heavy atom. The number of phenols is 1. The molecule has 5 nitrogen and oxygen atoms in total. The minimum Gasteiger partial charge on any atom is -0.508 e. The first kappa shape index (κ1) is 11.7. The summed E-state index contributed by atoms with van der Waals surface area (Å²) < 4.78 is 5.34. The molecule has 1 amide bonds. The number of anilines is 2. The summed E-state index contributed by atoms with van der Waals surface area (Å²) in [6, 6.07) is 4.48. The Bertz CT molecular complexity index is 434. The van der Waals surface area contributed by atoms with Gasteiger partial charge in [-0.05, 0) is 25.5 Å². The van der Waals surface area contributed by atoms with Gasteiger partial charge in [-0.1, -0.05) is 0 Å². The molecule has 1 fully saturated rings. The lowest BCUT2D eigenvalue weighted by atomic mass is 10.1. The van der Waals surface area contributed by atoms with Crippen LogP contribution in [0.15, 0.2) is 18.2 Å². The predicted octanol–water partition coefficient (Wildman–Crippen LogP) is 1.34. The van der Waals surface area contributed by atoms with Gasteiger partial charge in [0.1, 0.15) is 5.75 Å². The molecule has 2 unspecified atom stereocenters. The zero-order valence-corrected chi connectivity index (χ0v) is 9.64. The van der Waals surface area contributed by atoms with Crippen molar-refractivity contribution in [2.45, 2.75) is 19.4 Å². The third kappa shape index (κ3) is 2.68. The van der Waals surface area contributed by atoms with E-state index in [1.807, 2.05) is 6.92 Å². The van der Waals surface area contributed by atoms with E-state index in [9.17, 15) is 9.90 Å². The molecule has 1 aromatic carbocycles. The number of rotatable bonds is 2. The van der Waals surface area contributed by atoms with Crippen molar-refractivity contribution in [1.82, 2.24) is 0 Å². The van der Waals surface area contributed by atoms with Gasteiger partial charge in [0.2, 0.25) is 5.91 Å². The van der Waals surface area contributed by atoms with Gasteiger partial charge in [0, 0.05) is 6.07 Å². The standard InChI is InChI=1S/C12H16N2O3/c1-7-4-8(6-17-7)12(16)14-11-3-2-9(15)5-10(11)13/h2-3,5,7-8,15H,4,6,13H2,1H3,(H,14,16). The van der Waals surface area contributed by atoms with E-state index in [1.54, 1.807) is 6.07 Å². The van der Waals surface area contributed by atoms with Crippen LogP contribution < -0.4 is 11.1 Å². The summed E-state index contributed by atoms with van der Waals surface area (Å²) in [6.45, 7) is 2.40. The van der Waals surface area contributed by atoms with Crippen molar-refractivity contribution in [2.75, 3.05) is 17.7 Å². The SMILES string of the molecule is CC1CC(C(=O)Nc2ccc(O)cc2N)CO1. The number of hydrogen-bond acceptors (Lipinski definition) is 4. The highest BCUT2D eigenvalue weighted by Crippen LogP contribution is 2.25. The maximum absolute atomic E-state index is 11.9. The minimum atomic E-state index is -0.127. The first-order valence-electron chi connectivity index (χ1n) is 5.57. The van der Waals surface area contributed by atoms with Crippen LogP contribution in [0.3, 0.4) is 0 Å². The molecule has 0 aromatic heterocycles. The topological polar surface area (TPSA) is 84.6 Å². The molecule has 1 aliphatic rings. The Kier molecular flexibility index (Phi) is 3.19. The number of ether oxygens (including phenoxy) is 1. The van der Waals surface area contributed by atoms with E-state index in [0.717, 1.165) is 6.42 Å². The summed E-state index contributed by atoms with van der Waals surface area (Å²) in [4.78, 5) is 11.9. The Labute approximate surface area is 99.6 Å². The van der Waals surface area contributed by atoms with Gasteiger partial charge in [-0.2, -0.15) is 0 Å². The molecule has 0 aliphatic carbocycles. The van der Waals surface area contributed by atoms with Crippen molar-refractivity contribution < 1.29 is 14.6 Å². The highest BCUT2D eigenvalue weighted by Gasteiger charge is 2.28. The molecule has 1 saturated heterocycles. The van der Waals surface area contributed by atoms with Crippen LogP contribution in [0.4, 0.5) is 11.4 Å². The van der Waals surface area contributed by atoms with Crippen LogP contribution in [0.2, 0.25) is 0 Å². The van der Waals surface area contributed by atoms with Gasteiger partial charge >= 0.3 is 0 Å². The minimum absolute atomic E-state index is 0.0818. The highest BCUT2D eigenvalue weighted by atomic mass is 16.5. The third-order valence-electron chi connectivity index (χ3n) is 2.86. The molecule has 92 valence electrons. The normalized spacial score (nSPS) is 23.6. The summed E-state index contributed by atoms with van der Waals surface area (Å²) in [5, 5.41) is 12.0. The van der Waals surface area contributed by atoms with E-state index >= 15 is 0 Å². The number of amides is 1. The highest BCUT2D eigenvalue weighted by molar-refractivity contribution is 5.95. The maximum Gasteiger partial charge on any atom is 0.229 e. The lowest BCUT2D eigenvalue weighted by Gasteiger charge is -2.11. The van der Waals surface area contributed by atoms with Crippen molar-refractivity contribution in [3.05, 3.63) is 18.2 Å². The summed E-state index contributed by atoms with van der Waals surface area (Å²) in [5.74, 6) is -0.136. The first-order chi connectivity index (χ1) is 8.06. The number of phenolic OH excluding ortho intramolecular Hbond substituents is 1. The second kappa shape index (κ2) is 4.63. The molecule has 1 aromatic rings. The summed E-state index contributed by atoms with van der Waals surface area (Å²) >= 11 is 0. The fourth-order valence-electron chi connectivity index (χ4n) is 1.90. The average molecular weight is 236 g/mol. The summed E-state index contributed by atoms with van der Waals surface area (Å²) in [6.07, 6.45) is 0.854. The molecular formula is C12H16N2O3. The number of nitrogens with one attached hydrogen (secondary N) is 1. The van der Waals surface area contributed by atoms with Crippen LogP contribution >= 0.6 is 0 Å². The number of nitrogen functional groups attached to an aromatic ring is 1. The number of carbonyl (C=O) groups excluding carboxylic acids is 1.